The number of carbonyl (C=O) groups is 1. The first-order chi connectivity index (χ1) is 13.0. The molecular weight excluding hydrogens is 420 g/mol. The average Bonchev–Trinajstić information content (AvgIpc) is 2.65. The average molecular weight is 451 g/mol. The lowest BCUT2D eigenvalue weighted by Crippen LogP contribution is -2.58. The van der Waals surface area contributed by atoms with Gasteiger partial charge in [0, 0.05) is 13.1 Å². The molecule has 2 saturated heterocycles. The predicted octanol–water partition coefficient (Wildman–Crippen LogP) is 3.14. The third-order valence-corrected chi connectivity index (χ3v) is 7.84. The van der Waals surface area contributed by atoms with E-state index < -0.39 is 12.0 Å². The molecular formula is C17H30N4O2S4. The third-order valence-electron chi connectivity index (χ3n) is 4.67. The lowest BCUT2D eigenvalue weighted by molar-refractivity contribution is -0.142. The van der Waals surface area contributed by atoms with Crippen LogP contribution >= 0.6 is 48.0 Å². The number of unbranched alkanes of at least 4 members (excludes halogenated alkanes) is 2. The molecule has 2 aliphatic rings. The summed E-state index contributed by atoms with van der Waals surface area (Å²) < 4.78 is 1.46. The highest BCUT2D eigenvalue weighted by atomic mass is 32.2. The van der Waals surface area contributed by atoms with Crippen LogP contribution in [-0.2, 0) is 4.79 Å². The molecule has 0 aromatic carbocycles. The normalized spacial score (nSPS) is 21.0. The zero-order valence-corrected chi connectivity index (χ0v) is 19.4. The van der Waals surface area contributed by atoms with Crippen molar-refractivity contribution in [3.63, 3.8) is 0 Å². The number of nitrogens with zero attached hydrogens (tertiary/aromatic N) is 4. The van der Waals surface area contributed by atoms with Gasteiger partial charge < -0.3 is 14.9 Å². The maximum atomic E-state index is 12.1. The number of aliphatic carboxylic acids is 1. The smallest absolute Gasteiger partial charge is 0.328 e. The van der Waals surface area contributed by atoms with Crippen LogP contribution in [0.3, 0.4) is 0 Å². The molecule has 0 bridgehead atoms. The second kappa shape index (κ2) is 11.8. The van der Waals surface area contributed by atoms with Crippen molar-refractivity contribution >= 4 is 62.6 Å². The number of hydrogen-bond donors (Lipinski definition) is 1. The van der Waals surface area contributed by atoms with Crippen molar-refractivity contribution in [3.05, 3.63) is 0 Å². The second-order valence-corrected chi connectivity index (χ2v) is 10.1. The fraction of sp³-hybridized carbons (Fsp3) is 0.824. The molecule has 2 rings (SSSR count). The summed E-state index contributed by atoms with van der Waals surface area (Å²) in [4.78, 5) is 20.6. The van der Waals surface area contributed by atoms with Crippen LogP contribution in [-0.4, -0.2) is 90.1 Å². The van der Waals surface area contributed by atoms with E-state index in [0.717, 1.165) is 54.8 Å². The maximum Gasteiger partial charge on any atom is 0.328 e. The Hall–Kier alpha value is -0.130. The van der Waals surface area contributed by atoms with Gasteiger partial charge in [-0.2, -0.15) is 0 Å². The Morgan fingerprint density at radius 2 is 1.59 bits per heavy atom. The van der Waals surface area contributed by atoms with Gasteiger partial charge in [0.2, 0.25) is 0 Å². The summed E-state index contributed by atoms with van der Waals surface area (Å²) >= 11 is 14.2. The Labute approximate surface area is 182 Å². The minimum Gasteiger partial charge on any atom is -0.480 e. The molecule has 10 heteroatoms. The first-order valence-corrected chi connectivity index (χ1v) is 12.3. The second-order valence-electron chi connectivity index (χ2n) is 6.90. The van der Waals surface area contributed by atoms with Crippen LogP contribution in [0.2, 0.25) is 0 Å². The van der Waals surface area contributed by atoms with Gasteiger partial charge in [0.25, 0.3) is 0 Å². The van der Waals surface area contributed by atoms with Gasteiger partial charge in [-0.15, -0.1) is 0 Å². The van der Waals surface area contributed by atoms with Crippen molar-refractivity contribution < 1.29 is 9.90 Å². The summed E-state index contributed by atoms with van der Waals surface area (Å²) in [5.41, 5.74) is 0. The van der Waals surface area contributed by atoms with Gasteiger partial charge in [0.05, 0.1) is 31.6 Å². The quantitative estimate of drug-likeness (QED) is 0.502. The Kier molecular flexibility index (Phi) is 10.1. The van der Waals surface area contributed by atoms with E-state index in [1.54, 1.807) is 23.5 Å². The SMILES string of the molecule is CCCCN1CSC(=S)N(CC(C(=O)O)N2CN(CCCC)CSC2=S)C1. The number of rotatable bonds is 10. The Morgan fingerprint density at radius 3 is 2.15 bits per heavy atom. The zero-order valence-electron chi connectivity index (χ0n) is 16.1. The molecule has 0 spiro atoms. The summed E-state index contributed by atoms with van der Waals surface area (Å²) in [6, 6.07) is -0.681. The van der Waals surface area contributed by atoms with E-state index in [0.29, 0.717) is 24.2 Å². The van der Waals surface area contributed by atoms with Crippen LogP contribution in [0.25, 0.3) is 0 Å². The molecule has 1 atom stereocenters. The summed E-state index contributed by atoms with van der Waals surface area (Å²) in [6.45, 7) is 7.98. The van der Waals surface area contributed by atoms with E-state index in [9.17, 15) is 9.90 Å². The molecule has 2 aliphatic heterocycles. The fourth-order valence-corrected chi connectivity index (χ4v) is 5.34. The van der Waals surface area contributed by atoms with Crippen molar-refractivity contribution in [1.82, 2.24) is 19.6 Å². The number of hydrogen-bond acceptors (Lipinski definition) is 7. The molecule has 154 valence electrons. The molecule has 0 radical (unpaired) electrons. The third kappa shape index (κ3) is 7.01. The van der Waals surface area contributed by atoms with E-state index in [-0.39, 0.29) is 0 Å². The first-order valence-electron chi connectivity index (χ1n) is 9.48. The topological polar surface area (TPSA) is 50.3 Å². The monoisotopic (exact) mass is 450 g/mol. The van der Waals surface area contributed by atoms with Crippen LogP contribution in [0.4, 0.5) is 0 Å². The van der Waals surface area contributed by atoms with Crippen LogP contribution in [0, 0.1) is 0 Å². The van der Waals surface area contributed by atoms with E-state index in [2.05, 4.69) is 23.6 Å². The first kappa shape index (κ1) is 23.2. The van der Waals surface area contributed by atoms with Crippen molar-refractivity contribution in [2.24, 2.45) is 0 Å². The predicted molar refractivity (Wildman–Crippen MR) is 123 cm³/mol. The van der Waals surface area contributed by atoms with Crippen molar-refractivity contribution in [3.8, 4) is 0 Å². The van der Waals surface area contributed by atoms with E-state index in [1.807, 2.05) is 9.80 Å². The Balaban J connectivity index is 2.03. The summed E-state index contributed by atoms with van der Waals surface area (Å²) in [5.74, 6) is 0.883. The molecule has 0 saturated carbocycles. The van der Waals surface area contributed by atoms with Crippen molar-refractivity contribution in [2.45, 2.75) is 45.6 Å². The maximum absolute atomic E-state index is 12.1. The number of thioether (sulfide) groups is 2. The van der Waals surface area contributed by atoms with Gasteiger partial charge in [0.15, 0.2) is 0 Å². The summed E-state index contributed by atoms with van der Waals surface area (Å²) in [5, 5.41) is 9.91. The molecule has 0 aromatic rings. The standard InChI is InChI=1S/C17H30N4O2S4/c1-3-5-7-18-10-20(16(24)26-12-18)9-14(15(22)23)21-11-19(8-6-4-2)13-27-17(21)25/h14H,3-13H2,1-2H3,(H,22,23). The van der Waals surface area contributed by atoms with Gasteiger partial charge in [-0.05, 0) is 12.8 Å². The van der Waals surface area contributed by atoms with E-state index in [4.69, 9.17) is 24.4 Å². The van der Waals surface area contributed by atoms with Gasteiger partial charge in [-0.25, -0.2) is 4.79 Å². The molecule has 0 amide bonds. The summed E-state index contributed by atoms with van der Waals surface area (Å²) in [6.07, 6.45) is 4.53. The molecule has 2 heterocycles. The lowest BCUT2D eigenvalue weighted by atomic mass is 10.2. The molecule has 27 heavy (non-hydrogen) atoms. The highest BCUT2D eigenvalue weighted by molar-refractivity contribution is 8.23. The number of carboxylic acids is 1. The highest BCUT2D eigenvalue weighted by Gasteiger charge is 2.35. The molecule has 0 aromatic heterocycles. The minimum absolute atomic E-state index is 0.367. The fourth-order valence-electron chi connectivity index (χ4n) is 3.03. The molecule has 0 aliphatic carbocycles. The number of carboxylic acid groups (broad SMARTS) is 1. The molecule has 1 unspecified atom stereocenters. The largest absolute Gasteiger partial charge is 0.480 e. The van der Waals surface area contributed by atoms with E-state index in [1.165, 1.54) is 0 Å². The van der Waals surface area contributed by atoms with Gasteiger partial charge in [-0.3, -0.25) is 9.80 Å². The molecule has 2 fully saturated rings. The van der Waals surface area contributed by atoms with Crippen molar-refractivity contribution in [2.75, 3.05) is 44.7 Å². The highest BCUT2D eigenvalue weighted by Crippen LogP contribution is 2.24. The van der Waals surface area contributed by atoms with Gasteiger partial charge in [-0.1, -0.05) is 74.6 Å². The van der Waals surface area contributed by atoms with E-state index >= 15 is 0 Å². The van der Waals surface area contributed by atoms with Crippen LogP contribution < -0.4 is 0 Å². The number of thiocarbonyl (C=S) groups is 2. The van der Waals surface area contributed by atoms with Crippen LogP contribution in [0.15, 0.2) is 0 Å². The molecule has 6 nitrogen and oxygen atoms in total. The zero-order chi connectivity index (χ0) is 19.8. The van der Waals surface area contributed by atoms with Crippen LogP contribution in [0.5, 0.6) is 0 Å². The minimum atomic E-state index is -0.839. The Bertz CT molecular complexity index is 537. The lowest BCUT2D eigenvalue weighted by Gasteiger charge is -2.43. The van der Waals surface area contributed by atoms with Gasteiger partial charge >= 0.3 is 5.97 Å². The summed E-state index contributed by atoms with van der Waals surface area (Å²) in [7, 11) is 0. The Morgan fingerprint density at radius 1 is 1.04 bits per heavy atom. The van der Waals surface area contributed by atoms with Gasteiger partial charge in [0.1, 0.15) is 14.7 Å². The van der Waals surface area contributed by atoms with Crippen LogP contribution in [0.1, 0.15) is 39.5 Å². The van der Waals surface area contributed by atoms with Crippen molar-refractivity contribution in [1.29, 1.82) is 0 Å². The molecule has 1 N–H and O–H groups in total.